The van der Waals surface area contributed by atoms with Crippen LogP contribution in [-0.2, 0) is 6.61 Å². The molecule has 0 bridgehead atoms. The van der Waals surface area contributed by atoms with Gasteiger partial charge in [-0.1, -0.05) is 16.8 Å². The standard InChI is InChI=1S/C10H9ClFN3O2/c1-17-8-3-2-7(6(5-16)10(8)12)15-4-9(11)13-14-15/h2-4,16H,5H2,1H3. The molecule has 17 heavy (non-hydrogen) atoms. The lowest BCUT2D eigenvalue weighted by atomic mass is 10.1. The molecule has 0 aliphatic rings. The molecule has 2 aromatic rings. The number of halogens is 2. The lowest BCUT2D eigenvalue weighted by molar-refractivity contribution is 0.272. The van der Waals surface area contributed by atoms with Crippen LogP contribution in [0.25, 0.3) is 5.69 Å². The molecule has 1 heterocycles. The molecule has 5 nitrogen and oxygen atoms in total. The number of methoxy groups -OCH3 is 1. The number of benzene rings is 1. The lowest BCUT2D eigenvalue weighted by Crippen LogP contribution is -2.04. The average Bonchev–Trinajstić information content (AvgIpc) is 2.75. The molecule has 0 aliphatic carbocycles. The Balaban J connectivity index is 2.58. The zero-order valence-corrected chi connectivity index (χ0v) is 9.65. The molecule has 2 rings (SSSR count). The minimum atomic E-state index is -0.626. The van der Waals surface area contributed by atoms with Gasteiger partial charge in [-0.3, -0.25) is 0 Å². The van der Waals surface area contributed by atoms with Crippen molar-refractivity contribution in [1.29, 1.82) is 0 Å². The van der Waals surface area contributed by atoms with Crippen molar-refractivity contribution in [3.8, 4) is 11.4 Å². The van der Waals surface area contributed by atoms with Crippen molar-refractivity contribution in [2.75, 3.05) is 7.11 Å². The van der Waals surface area contributed by atoms with Crippen LogP contribution in [0.15, 0.2) is 18.3 Å². The van der Waals surface area contributed by atoms with Crippen molar-refractivity contribution in [2.45, 2.75) is 6.61 Å². The molecule has 0 spiro atoms. The second-order valence-corrected chi connectivity index (χ2v) is 3.61. The van der Waals surface area contributed by atoms with Crippen LogP contribution < -0.4 is 4.74 Å². The van der Waals surface area contributed by atoms with E-state index in [1.54, 1.807) is 6.07 Å². The highest BCUT2D eigenvalue weighted by atomic mass is 35.5. The Labute approximate surface area is 101 Å². The van der Waals surface area contributed by atoms with Gasteiger partial charge in [0.05, 0.1) is 25.6 Å². The van der Waals surface area contributed by atoms with Gasteiger partial charge in [-0.25, -0.2) is 9.07 Å². The highest BCUT2D eigenvalue weighted by Crippen LogP contribution is 2.26. The van der Waals surface area contributed by atoms with Crippen molar-refractivity contribution in [3.63, 3.8) is 0 Å². The molecule has 0 fully saturated rings. The second-order valence-electron chi connectivity index (χ2n) is 3.22. The summed E-state index contributed by atoms with van der Waals surface area (Å²) in [7, 11) is 1.35. The Morgan fingerprint density at radius 1 is 1.53 bits per heavy atom. The summed E-state index contributed by atoms with van der Waals surface area (Å²) in [6, 6.07) is 3.01. The predicted molar refractivity (Wildman–Crippen MR) is 58.8 cm³/mol. The summed E-state index contributed by atoms with van der Waals surface area (Å²) in [6.45, 7) is -0.476. The van der Waals surface area contributed by atoms with Crippen LogP contribution in [0.2, 0.25) is 5.15 Å². The summed E-state index contributed by atoms with van der Waals surface area (Å²) in [5.41, 5.74) is 0.441. The highest BCUT2D eigenvalue weighted by molar-refractivity contribution is 6.29. The zero-order chi connectivity index (χ0) is 12.4. The number of aliphatic hydroxyl groups excluding tert-OH is 1. The number of hydrogen-bond acceptors (Lipinski definition) is 4. The number of rotatable bonds is 3. The molecule has 0 aliphatic heterocycles. The Kier molecular flexibility index (Phi) is 3.26. The summed E-state index contributed by atoms with van der Waals surface area (Å²) in [6.07, 6.45) is 1.42. The Morgan fingerprint density at radius 2 is 2.29 bits per heavy atom. The smallest absolute Gasteiger partial charge is 0.172 e. The highest BCUT2D eigenvalue weighted by Gasteiger charge is 2.15. The van der Waals surface area contributed by atoms with E-state index in [-0.39, 0.29) is 16.5 Å². The van der Waals surface area contributed by atoms with E-state index in [0.29, 0.717) is 5.69 Å². The van der Waals surface area contributed by atoms with Crippen LogP contribution in [0.5, 0.6) is 5.75 Å². The molecule has 1 aromatic carbocycles. The van der Waals surface area contributed by atoms with Crippen LogP contribution in [0, 0.1) is 5.82 Å². The Bertz CT molecular complexity index is 544. The van der Waals surface area contributed by atoms with E-state index in [4.69, 9.17) is 16.3 Å². The fourth-order valence-corrected chi connectivity index (χ4v) is 1.60. The maximum absolute atomic E-state index is 13.8. The third-order valence-corrected chi connectivity index (χ3v) is 2.45. The van der Waals surface area contributed by atoms with Gasteiger partial charge in [0.1, 0.15) is 0 Å². The van der Waals surface area contributed by atoms with Gasteiger partial charge in [0, 0.05) is 5.56 Å². The summed E-state index contributed by atoms with van der Waals surface area (Å²) in [5, 5.41) is 16.7. The SMILES string of the molecule is COc1ccc(-n2cc(Cl)nn2)c(CO)c1F. The second kappa shape index (κ2) is 4.68. The fourth-order valence-electron chi connectivity index (χ4n) is 1.47. The fraction of sp³-hybridized carbons (Fsp3) is 0.200. The first-order valence-electron chi connectivity index (χ1n) is 4.71. The van der Waals surface area contributed by atoms with E-state index in [9.17, 15) is 9.50 Å². The zero-order valence-electron chi connectivity index (χ0n) is 8.89. The van der Waals surface area contributed by atoms with Gasteiger partial charge in [0.2, 0.25) is 0 Å². The van der Waals surface area contributed by atoms with Gasteiger partial charge >= 0.3 is 0 Å². The number of ether oxygens (including phenoxy) is 1. The van der Waals surface area contributed by atoms with E-state index in [1.807, 2.05) is 0 Å². The van der Waals surface area contributed by atoms with Gasteiger partial charge in [-0.2, -0.15) is 0 Å². The molecule has 0 unspecified atom stereocenters. The Morgan fingerprint density at radius 3 is 2.82 bits per heavy atom. The Hall–Kier alpha value is -1.66. The normalized spacial score (nSPS) is 10.6. The minimum Gasteiger partial charge on any atom is -0.494 e. The van der Waals surface area contributed by atoms with Crippen molar-refractivity contribution < 1.29 is 14.2 Å². The van der Waals surface area contributed by atoms with Crippen molar-refractivity contribution >= 4 is 11.6 Å². The van der Waals surface area contributed by atoms with Gasteiger partial charge in [-0.15, -0.1) is 5.10 Å². The van der Waals surface area contributed by atoms with E-state index in [0.717, 1.165) is 0 Å². The van der Waals surface area contributed by atoms with Crippen molar-refractivity contribution in [3.05, 3.63) is 34.9 Å². The van der Waals surface area contributed by atoms with Gasteiger partial charge in [-0.05, 0) is 12.1 Å². The molecule has 0 amide bonds. The number of nitrogens with zero attached hydrogens (tertiary/aromatic N) is 3. The first kappa shape index (κ1) is 11.8. The number of hydrogen-bond donors (Lipinski definition) is 1. The summed E-state index contributed by atoms with van der Waals surface area (Å²) < 4.78 is 20.0. The van der Waals surface area contributed by atoms with E-state index >= 15 is 0 Å². The van der Waals surface area contributed by atoms with E-state index in [2.05, 4.69) is 10.3 Å². The maximum Gasteiger partial charge on any atom is 0.172 e. The maximum atomic E-state index is 13.8. The molecule has 1 N–H and O–H groups in total. The summed E-state index contributed by atoms with van der Waals surface area (Å²) in [4.78, 5) is 0. The van der Waals surface area contributed by atoms with Crippen LogP contribution in [-0.4, -0.2) is 27.2 Å². The van der Waals surface area contributed by atoms with Gasteiger partial charge < -0.3 is 9.84 Å². The summed E-state index contributed by atoms with van der Waals surface area (Å²) in [5.74, 6) is -0.567. The molecule has 0 saturated carbocycles. The van der Waals surface area contributed by atoms with Crippen molar-refractivity contribution in [1.82, 2.24) is 15.0 Å². The molecular weight excluding hydrogens is 249 g/mol. The molecule has 7 heteroatoms. The quantitative estimate of drug-likeness (QED) is 0.907. The molecule has 0 radical (unpaired) electrons. The monoisotopic (exact) mass is 257 g/mol. The van der Waals surface area contributed by atoms with Gasteiger partial charge in [0.25, 0.3) is 0 Å². The largest absolute Gasteiger partial charge is 0.494 e. The van der Waals surface area contributed by atoms with E-state index < -0.39 is 12.4 Å². The average molecular weight is 258 g/mol. The number of aromatic nitrogens is 3. The van der Waals surface area contributed by atoms with Crippen LogP contribution in [0.4, 0.5) is 4.39 Å². The minimum absolute atomic E-state index is 0.0593. The molecule has 0 atom stereocenters. The molecule has 0 saturated heterocycles. The van der Waals surface area contributed by atoms with Gasteiger partial charge in [0.15, 0.2) is 16.7 Å². The molecule has 1 aromatic heterocycles. The lowest BCUT2D eigenvalue weighted by Gasteiger charge is -2.10. The van der Waals surface area contributed by atoms with E-state index in [1.165, 1.54) is 24.1 Å². The predicted octanol–water partition coefficient (Wildman–Crippen LogP) is 1.56. The van der Waals surface area contributed by atoms with Crippen LogP contribution in [0.1, 0.15) is 5.56 Å². The molecule has 90 valence electrons. The van der Waals surface area contributed by atoms with Crippen LogP contribution in [0.3, 0.4) is 0 Å². The van der Waals surface area contributed by atoms with Crippen molar-refractivity contribution in [2.24, 2.45) is 0 Å². The molecular formula is C10H9ClFN3O2. The number of aliphatic hydroxyl groups is 1. The first-order chi connectivity index (χ1) is 8.17. The summed E-state index contributed by atoms with van der Waals surface area (Å²) >= 11 is 5.63. The topological polar surface area (TPSA) is 60.2 Å². The third-order valence-electron chi connectivity index (χ3n) is 2.27. The third kappa shape index (κ3) is 2.09. The van der Waals surface area contributed by atoms with Crippen LogP contribution >= 0.6 is 11.6 Å². The first-order valence-corrected chi connectivity index (χ1v) is 5.09.